The minimum atomic E-state index is 0.170. The van der Waals surface area contributed by atoms with E-state index in [0.717, 1.165) is 13.1 Å². The van der Waals surface area contributed by atoms with Gasteiger partial charge in [0.1, 0.15) is 5.78 Å². The lowest BCUT2D eigenvalue weighted by Crippen LogP contribution is -2.39. The zero-order valence-electron chi connectivity index (χ0n) is 9.77. The highest BCUT2D eigenvalue weighted by Crippen LogP contribution is 2.30. The fourth-order valence-electron chi connectivity index (χ4n) is 2.13. The van der Waals surface area contributed by atoms with Crippen LogP contribution in [0.5, 0.6) is 0 Å². The molecule has 1 saturated heterocycles. The van der Waals surface area contributed by atoms with Gasteiger partial charge in [0.05, 0.1) is 5.69 Å². The maximum absolute atomic E-state index is 11.5. The third kappa shape index (κ3) is 2.24. The van der Waals surface area contributed by atoms with Crippen LogP contribution in [0.15, 0.2) is 29.2 Å². The standard InChI is InChI=1S/C13H17NOS/c1-10-9-14(8-7-12(10)15)11-5-3-4-6-13(11)16-2/h3-6,10H,7-9H2,1-2H3. The number of Topliss-reactive ketones (excluding diaryl/α,β-unsaturated/α-hetero) is 1. The van der Waals surface area contributed by atoms with Crippen LogP contribution in [-0.2, 0) is 4.79 Å². The number of nitrogens with zero attached hydrogens (tertiary/aromatic N) is 1. The van der Waals surface area contributed by atoms with Crippen LogP contribution in [0, 0.1) is 5.92 Å². The molecule has 1 aromatic carbocycles. The van der Waals surface area contributed by atoms with Gasteiger partial charge in [-0.25, -0.2) is 0 Å². The summed E-state index contributed by atoms with van der Waals surface area (Å²) in [5.74, 6) is 0.571. The monoisotopic (exact) mass is 235 g/mol. The van der Waals surface area contributed by atoms with Gasteiger partial charge in [0.15, 0.2) is 0 Å². The molecule has 3 heteroatoms. The van der Waals surface area contributed by atoms with Gasteiger partial charge in [0.25, 0.3) is 0 Å². The van der Waals surface area contributed by atoms with Crippen LogP contribution >= 0.6 is 11.8 Å². The van der Waals surface area contributed by atoms with Crippen molar-refractivity contribution in [2.24, 2.45) is 5.92 Å². The van der Waals surface area contributed by atoms with Gasteiger partial charge in [-0.2, -0.15) is 0 Å². The summed E-state index contributed by atoms with van der Waals surface area (Å²) in [5.41, 5.74) is 1.27. The van der Waals surface area contributed by atoms with E-state index in [4.69, 9.17) is 0 Å². The van der Waals surface area contributed by atoms with E-state index < -0.39 is 0 Å². The molecule has 0 radical (unpaired) electrons. The van der Waals surface area contributed by atoms with Gasteiger partial charge in [-0.15, -0.1) is 11.8 Å². The number of anilines is 1. The van der Waals surface area contributed by atoms with Crippen molar-refractivity contribution in [2.75, 3.05) is 24.2 Å². The summed E-state index contributed by atoms with van der Waals surface area (Å²) in [6.07, 6.45) is 2.78. The minimum Gasteiger partial charge on any atom is -0.369 e. The number of piperidine rings is 1. The highest BCUT2D eigenvalue weighted by molar-refractivity contribution is 7.98. The predicted octanol–water partition coefficient (Wildman–Crippen LogP) is 2.82. The molecule has 0 aromatic heterocycles. The van der Waals surface area contributed by atoms with E-state index in [0.29, 0.717) is 12.2 Å². The second-order valence-electron chi connectivity index (χ2n) is 4.24. The second kappa shape index (κ2) is 4.91. The Hall–Kier alpha value is -0.960. The third-order valence-electron chi connectivity index (χ3n) is 3.10. The quantitative estimate of drug-likeness (QED) is 0.735. The molecule has 0 aliphatic carbocycles. The molecule has 0 saturated carbocycles. The zero-order valence-corrected chi connectivity index (χ0v) is 10.6. The highest BCUT2D eigenvalue weighted by Gasteiger charge is 2.24. The smallest absolute Gasteiger partial charge is 0.139 e. The van der Waals surface area contributed by atoms with Gasteiger partial charge in [0.2, 0.25) is 0 Å². The molecule has 1 unspecified atom stereocenters. The fourth-order valence-corrected chi connectivity index (χ4v) is 2.75. The Kier molecular flexibility index (Phi) is 3.54. The van der Waals surface area contributed by atoms with Gasteiger partial charge in [-0.3, -0.25) is 4.79 Å². The minimum absolute atomic E-state index is 0.170. The molecule has 1 aromatic rings. The van der Waals surface area contributed by atoms with Crippen LogP contribution in [-0.4, -0.2) is 25.1 Å². The fraction of sp³-hybridized carbons (Fsp3) is 0.462. The van der Waals surface area contributed by atoms with E-state index in [1.807, 2.05) is 6.92 Å². The highest BCUT2D eigenvalue weighted by atomic mass is 32.2. The van der Waals surface area contributed by atoms with E-state index in [9.17, 15) is 4.79 Å². The Labute approximate surface area is 101 Å². The van der Waals surface area contributed by atoms with E-state index in [-0.39, 0.29) is 5.92 Å². The van der Waals surface area contributed by atoms with Crippen LogP contribution in [0.2, 0.25) is 0 Å². The summed E-state index contributed by atoms with van der Waals surface area (Å²) in [5, 5.41) is 0. The first kappa shape index (κ1) is 11.5. The Bertz CT molecular complexity index is 391. The van der Waals surface area contributed by atoms with Crippen LogP contribution < -0.4 is 4.90 Å². The molecule has 1 fully saturated rings. The molecule has 0 spiro atoms. The first-order chi connectivity index (χ1) is 7.72. The van der Waals surface area contributed by atoms with Crippen LogP contribution in [0.3, 0.4) is 0 Å². The average molecular weight is 235 g/mol. The zero-order chi connectivity index (χ0) is 11.5. The maximum atomic E-state index is 11.5. The predicted molar refractivity (Wildman–Crippen MR) is 69.2 cm³/mol. The van der Waals surface area contributed by atoms with Crippen molar-refractivity contribution in [3.8, 4) is 0 Å². The number of thioether (sulfide) groups is 1. The molecular formula is C13H17NOS. The van der Waals surface area contributed by atoms with Crippen LogP contribution in [0.1, 0.15) is 13.3 Å². The number of hydrogen-bond donors (Lipinski definition) is 0. The molecule has 1 aliphatic rings. The number of ketones is 1. The van der Waals surface area contributed by atoms with Crippen molar-refractivity contribution in [1.29, 1.82) is 0 Å². The molecule has 0 bridgehead atoms. The van der Waals surface area contributed by atoms with Crippen molar-refractivity contribution in [2.45, 2.75) is 18.2 Å². The molecule has 2 rings (SSSR count). The molecule has 2 nitrogen and oxygen atoms in total. The van der Waals surface area contributed by atoms with Gasteiger partial charge in [0, 0.05) is 30.3 Å². The van der Waals surface area contributed by atoms with Gasteiger partial charge in [-0.05, 0) is 18.4 Å². The lowest BCUT2D eigenvalue weighted by Gasteiger charge is -2.33. The van der Waals surface area contributed by atoms with Crippen molar-refractivity contribution >= 4 is 23.2 Å². The molecule has 16 heavy (non-hydrogen) atoms. The average Bonchev–Trinajstić information content (AvgIpc) is 2.32. The Morgan fingerprint density at radius 2 is 2.12 bits per heavy atom. The largest absolute Gasteiger partial charge is 0.369 e. The summed E-state index contributed by atoms with van der Waals surface area (Å²) in [7, 11) is 0. The van der Waals surface area contributed by atoms with Crippen LogP contribution in [0.4, 0.5) is 5.69 Å². The lowest BCUT2D eigenvalue weighted by molar-refractivity contribution is -0.122. The number of para-hydroxylation sites is 1. The Morgan fingerprint density at radius 3 is 2.81 bits per heavy atom. The summed E-state index contributed by atoms with van der Waals surface area (Å²) < 4.78 is 0. The van der Waals surface area contributed by atoms with Gasteiger partial charge < -0.3 is 4.90 Å². The van der Waals surface area contributed by atoms with Crippen molar-refractivity contribution < 1.29 is 4.79 Å². The molecule has 1 aliphatic heterocycles. The molecule has 0 amide bonds. The molecule has 1 atom stereocenters. The molecule has 86 valence electrons. The SMILES string of the molecule is CSc1ccccc1N1CCC(=O)C(C)C1. The first-order valence-electron chi connectivity index (χ1n) is 5.63. The second-order valence-corrected chi connectivity index (χ2v) is 5.08. The number of hydrogen-bond acceptors (Lipinski definition) is 3. The normalized spacial score (nSPS) is 21.2. The first-order valence-corrected chi connectivity index (χ1v) is 6.85. The number of carbonyl (C=O) groups is 1. The number of benzene rings is 1. The molecule has 1 heterocycles. The van der Waals surface area contributed by atoms with E-state index in [1.54, 1.807) is 11.8 Å². The summed E-state index contributed by atoms with van der Waals surface area (Å²) >= 11 is 1.76. The van der Waals surface area contributed by atoms with Crippen molar-refractivity contribution in [1.82, 2.24) is 0 Å². The number of carbonyl (C=O) groups excluding carboxylic acids is 1. The van der Waals surface area contributed by atoms with E-state index >= 15 is 0 Å². The van der Waals surface area contributed by atoms with E-state index in [2.05, 4.69) is 35.4 Å². The Morgan fingerprint density at radius 1 is 1.38 bits per heavy atom. The molecular weight excluding hydrogens is 218 g/mol. The lowest BCUT2D eigenvalue weighted by atomic mass is 9.98. The maximum Gasteiger partial charge on any atom is 0.139 e. The van der Waals surface area contributed by atoms with Gasteiger partial charge in [-0.1, -0.05) is 19.1 Å². The van der Waals surface area contributed by atoms with E-state index in [1.165, 1.54) is 10.6 Å². The Balaban J connectivity index is 2.21. The topological polar surface area (TPSA) is 20.3 Å². The number of rotatable bonds is 2. The third-order valence-corrected chi connectivity index (χ3v) is 3.88. The summed E-state index contributed by atoms with van der Waals surface area (Å²) in [4.78, 5) is 15.1. The summed E-state index contributed by atoms with van der Waals surface area (Å²) in [6.45, 7) is 3.74. The molecule has 0 N–H and O–H groups in total. The van der Waals surface area contributed by atoms with Crippen molar-refractivity contribution in [3.63, 3.8) is 0 Å². The van der Waals surface area contributed by atoms with Crippen LogP contribution in [0.25, 0.3) is 0 Å². The summed E-state index contributed by atoms with van der Waals surface area (Å²) in [6, 6.07) is 8.42. The van der Waals surface area contributed by atoms with Gasteiger partial charge >= 0.3 is 0 Å². The van der Waals surface area contributed by atoms with Crippen molar-refractivity contribution in [3.05, 3.63) is 24.3 Å².